The van der Waals surface area contributed by atoms with Crippen molar-refractivity contribution in [2.75, 3.05) is 5.75 Å². The summed E-state index contributed by atoms with van der Waals surface area (Å²) in [7, 11) is 0. The normalized spacial score (nSPS) is 21.5. The lowest BCUT2D eigenvalue weighted by molar-refractivity contribution is 0.509. The largest absolute Gasteiger partial charge is 0.283 e. The van der Waals surface area contributed by atoms with Crippen LogP contribution in [0.5, 0.6) is 0 Å². The van der Waals surface area contributed by atoms with Gasteiger partial charge < -0.3 is 0 Å². The first-order chi connectivity index (χ1) is 9.63. The minimum Gasteiger partial charge on any atom is -0.267 e. The van der Waals surface area contributed by atoms with Crippen molar-refractivity contribution < 1.29 is 0 Å². The monoisotopic (exact) mass is 305 g/mol. The average Bonchev–Trinajstić information content (AvgIpc) is 2.77. The summed E-state index contributed by atoms with van der Waals surface area (Å²) in [6.07, 6.45) is 3.25. The van der Waals surface area contributed by atoms with Crippen molar-refractivity contribution >= 4 is 39.0 Å². The van der Waals surface area contributed by atoms with Crippen LogP contribution in [0.1, 0.15) is 30.7 Å². The van der Waals surface area contributed by atoms with Gasteiger partial charge in [0.15, 0.2) is 5.16 Å². The van der Waals surface area contributed by atoms with Crippen LogP contribution in [0.3, 0.4) is 0 Å². The van der Waals surface area contributed by atoms with Gasteiger partial charge in [-0.05, 0) is 37.7 Å². The SMILES string of the molecule is CC1=Nn2c(nc3sc4c(c3c2=O)CCC(C)C4)SC1. The molecule has 0 radical (unpaired) electrons. The first-order valence-electron chi connectivity index (χ1n) is 6.88. The Morgan fingerprint density at radius 1 is 1.40 bits per heavy atom. The number of rotatable bonds is 0. The van der Waals surface area contributed by atoms with Crippen molar-refractivity contribution in [3.05, 3.63) is 20.8 Å². The highest BCUT2D eigenvalue weighted by Crippen LogP contribution is 2.36. The van der Waals surface area contributed by atoms with E-state index in [4.69, 9.17) is 0 Å². The van der Waals surface area contributed by atoms with Gasteiger partial charge in [0, 0.05) is 16.3 Å². The van der Waals surface area contributed by atoms with Crippen molar-refractivity contribution in [3.63, 3.8) is 0 Å². The van der Waals surface area contributed by atoms with Crippen LogP contribution >= 0.6 is 23.1 Å². The number of hydrogen-bond acceptors (Lipinski definition) is 5. The van der Waals surface area contributed by atoms with E-state index in [1.54, 1.807) is 23.1 Å². The Morgan fingerprint density at radius 3 is 3.10 bits per heavy atom. The van der Waals surface area contributed by atoms with Crippen molar-refractivity contribution in [2.45, 2.75) is 38.3 Å². The van der Waals surface area contributed by atoms with Gasteiger partial charge in [-0.1, -0.05) is 18.7 Å². The van der Waals surface area contributed by atoms with Crippen molar-refractivity contribution in [3.8, 4) is 0 Å². The van der Waals surface area contributed by atoms with E-state index in [0.717, 1.165) is 46.1 Å². The minimum atomic E-state index is 0.0172. The molecule has 1 aliphatic heterocycles. The molecule has 0 amide bonds. The molecule has 4 rings (SSSR count). The van der Waals surface area contributed by atoms with E-state index in [0.29, 0.717) is 5.92 Å². The molecule has 104 valence electrons. The van der Waals surface area contributed by atoms with Crippen LogP contribution in [0.15, 0.2) is 15.1 Å². The standard InChI is InChI=1S/C14H15N3OS2/c1-7-3-4-9-10(5-7)20-12-11(9)13(18)17-14(15-12)19-6-8(2)16-17/h7H,3-6H2,1-2H3. The fourth-order valence-corrected chi connectivity index (χ4v) is 5.14. The predicted octanol–water partition coefficient (Wildman–Crippen LogP) is 2.91. The highest BCUT2D eigenvalue weighted by Gasteiger charge is 2.25. The van der Waals surface area contributed by atoms with Gasteiger partial charge in [-0.2, -0.15) is 9.78 Å². The van der Waals surface area contributed by atoms with E-state index in [2.05, 4.69) is 17.0 Å². The number of fused-ring (bicyclic) bond motifs is 4. The maximum atomic E-state index is 12.7. The van der Waals surface area contributed by atoms with Gasteiger partial charge in [-0.25, -0.2) is 4.98 Å². The van der Waals surface area contributed by atoms with Gasteiger partial charge in [-0.3, -0.25) is 4.79 Å². The molecule has 0 aromatic carbocycles. The van der Waals surface area contributed by atoms with E-state index >= 15 is 0 Å². The van der Waals surface area contributed by atoms with E-state index < -0.39 is 0 Å². The Hall–Kier alpha value is -1.14. The second kappa shape index (κ2) is 4.43. The molecule has 2 aromatic rings. The smallest absolute Gasteiger partial charge is 0.267 e. The Labute approximate surface area is 124 Å². The summed E-state index contributed by atoms with van der Waals surface area (Å²) in [6, 6.07) is 0. The van der Waals surface area contributed by atoms with Crippen molar-refractivity contribution in [1.82, 2.24) is 9.66 Å². The second-order valence-corrected chi connectivity index (χ2v) is 7.69. The number of aromatic nitrogens is 2. The van der Waals surface area contributed by atoms with Crippen LogP contribution in [-0.2, 0) is 12.8 Å². The molecule has 0 bridgehead atoms. The van der Waals surface area contributed by atoms with Gasteiger partial charge in [-0.15, -0.1) is 11.3 Å². The molecular weight excluding hydrogens is 290 g/mol. The van der Waals surface area contributed by atoms with E-state index in [9.17, 15) is 4.79 Å². The quantitative estimate of drug-likeness (QED) is 0.703. The highest BCUT2D eigenvalue weighted by molar-refractivity contribution is 7.99. The Morgan fingerprint density at radius 2 is 2.25 bits per heavy atom. The third-order valence-electron chi connectivity index (χ3n) is 3.96. The zero-order chi connectivity index (χ0) is 13.9. The fraction of sp³-hybridized carbons (Fsp3) is 0.500. The molecule has 3 heterocycles. The molecule has 2 aliphatic rings. The lowest BCUT2D eigenvalue weighted by Gasteiger charge is -2.17. The maximum absolute atomic E-state index is 12.7. The van der Waals surface area contributed by atoms with Crippen LogP contribution in [0.4, 0.5) is 0 Å². The molecule has 0 spiro atoms. The summed E-state index contributed by atoms with van der Waals surface area (Å²) < 4.78 is 1.50. The maximum Gasteiger partial charge on any atom is 0.283 e. The molecule has 0 N–H and O–H groups in total. The third kappa shape index (κ3) is 1.78. The van der Waals surface area contributed by atoms with Crippen LogP contribution in [-0.4, -0.2) is 21.1 Å². The van der Waals surface area contributed by atoms with Gasteiger partial charge >= 0.3 is 0 Å². The second-order valence-electron chi connectivity index (χ2n) is 5.67. The lowest BCUT2D eigenvalue weighted by Crippen LogP contribution is -2.24. The first kappa shape index (κ1) is 12.6. The molecule has 4 nitrogen and oxygen atoms in total. The van der Waals surface area contributed by atoms with Crippen molar-refractivity contribution in [2.24, 2.45) is 11.0 Å². The van der Waals surface area contributed by atoms with Crippen LogP contribution in [0.25, 0.3) is 10.2 Å². The van der Waals surface area contributed by atoms with Gasteiger partial charge in [0.1, 0.15) is 4.83 Å². The number of aryl methyl sites for hydroxylation is 1. The molecule has 0 fully saturated rings. The molecule has 0 saturated carbocycles. The van der Waals surface area contributed by atoms with Crippen LogP contribution in [0, 0.1) is 5.92 Å². The van der Waals surface area contributed by atoms with Crippen molar-refractivity contribution in [1.29, 1.82) is 0 Å². The summed E-state index contributed by atoms with van der Waals surface area (Å²) in [6.45, 7) is 4.24. The molecular formula is C14H15N3OS2. The van der Waals surface area contributed by atoms with E-state index in [-0.39, 0.29) is 5.56 Å². The number of nitrogens with zero attached hydrogens (tertiary/aromatic N) is 3. The fourth-order valence-electron chi connectivity index (χ4n) is 2.91. The highest BCUT2D eigenvalue weighted by atomic mass is 32.2. The zero-order valence-corrected chi connectivity index (χ0v) is 13.1. The predicted molar refractivity (Wildman–Crippen MR) is 84.3 cm³/mol. The van der Waals surface area contributed by atoms with Crippen LogP contribution in [0.2, 0.25) is 0 Å². The van der Waals surface area contributed by atoms with E-state index in [1.165, 1.54) is 15.1 Å². The topological polar surface area (TPSA) is 47.2 Å². The summed E-state index contributed by atoms with van der Waals surface area (Å²) >= 11 is 3.31. The molecule has 6 heteroatoms. The minimum absolute atomic E-state index is 0.0172. The molecule has 0 saturated heterocycles. The van der Waals surface area contributed by atoms with Crippen LogP contribution < -0.4 is 5.56 Å². The number of thiophene rings is 1. The summed E-state index contributed by atoms with van der Waals surface area (Å²) in [5, 5.41) is 5.94. The number of hydrogen-bond donors (Lipinski definition) is 0. The van der Waals surface area contributed by atoms with Gasteiger partial charge in [0.2, 0.25) is 0 Å². The Bertz CT molecular complexity index is 803. The van der Waals surface area contributed by atoms with E-state index in [1.807, 2.05) is 6.92 Å². The number of thioether (sulfide) groups is 1. The summed E-state index contributed by atoms with van der Waals surface area (Å²) in [5.74, 6) is 1.53. The molecule has 1 atom stereocenters. The Kier molecular flexibility index (Phi) is 2.79. The molecule has 20 heavy (non-hydrogen) atoms. The third-order valence-corrected chi connectivity index (χ3v) is 6.19. The zero-order valence-electron chi connectivity index (χ0n) is 11.5. The van der Waals surface area contributed by atoms with Gasteiger partial charge in [0.05, 0.1) is 5.39 Å². The Balaban J connectivity index is 2.03. The average molecular weight is 305 g/mol. The first-order valence-corrected chi connectivity index (χ1v) is 8.68. The molecule has 1 aliphatic carbocycles. The van der Waals surface area contributed by atoms with Gasteiger partial charge in [0.25, 0.3) is 5.56 Å². The lowest BCUT2D eigenvalue weighted by atomic mass is 9.89. The summed E-state index contributed by atoms with van der Waals surface area (Å²) in [5.41, 5.74) is 2.23. The molecule has 2 aromatic heterocycles. The molecule has 1 unspecified atom stereocenters. The summed E-state index contributed by atoms with van der Waals surface area (Å²) in [4.78, 5) is 19.7.